The van der Waals surface area contributed by atoms with E-state index in [0.717, 1.165) is 36.6 Å². The summed E-state index contributed by atoms with van der Waals surface area (Å²) in [5, 5.41) is 0. The van der Waals surface area contributed by atoms with Crippen LogP contribution < -0.4 is 4.74 Å². The van der Waals surface area contributed by atoms with Crippen LogP contribution in [0.4, 0.5) is 0 Å². The molecule has 2 aromatic carbocycles. The second kappa shape index (κ2) is 8.65. The van der Waals surface area contributed by atoms with Gasteiger partial charge in [0.2, 0.25) is 0 Å². The first-order chi connectivity index (χ1) is 9.92. The molecule has 0 saturated heterocycles. The third-order valence-electron chi connectivity index (χ3n) is 3.26. The Labute approximate surface area is 126 Å². The van der Waals surface area contributed by atoms with E-state index in [-0.39, 0.29) is 0 Å². The van der Waals surface area contributed by atoms with Crippen molar-refractivity contribution < 1.29 is 4.74 Å². The van der Waals surface area contributed by atoms with E-state index in [1.54, 1.807) is 0 Å². The number of para-hydroxylation sites is 1. The van der Waals surface area contributed by atoms with Gasteiger partial charge >= 0.3 is 0 Å². The summed E-state index contributed by atoms with van der Waals surface area (Å²) in [6.07, 6.45) is 4.55. The molecule has 2 rings (SSSR count). The van der Waals surface area contributed by atoms with Crippen LogP contribution in [0.2, 0.25) is 0 Å². The van der Waals surface area contributed by atoms with E-state index < -0.39 is 0 Å². The number of hydrogen-bond donors (Lipinski definition) is 0. The quantitative estimate of drug-likeness (QED) is 0.458. The van der Waals surface area contributed by atoms with Gasteiger partial charge in [-0.2, -0.15) is 0 Å². The molecule has 0 fully saturated rings. The van der Waals surface area contributed by atoms with Gasteiger partial charge in [-0.15, -0.1) is 11.6 Å². The van der Waals surface area contributed by atoms with Crippen LogP contribution in [0, 0.1) is 0 Å². The summed E-state index contributed by atoms with van der Waals surface area (Å²) in [5.74, 6) is 1.73. The number of unbranched alkanes of at least 4 members (excludes halogenated alkanes) is 3. The summed E-state index contributed by atoms with van der Waals surface area (Å²) < 4.78 is 5.94. The average molecular weight is 289 g/mol. The van der Waals surface area contributed by atoms with Crippen LogP contribution in [0.15, 0.2) is 54.6 Å². The van der Waals surface area contributed by atoms with Crippen molar-refractivity contribution in [1.29, 1.82) is 0 Å². The van der Waals surface area contributed by atoms with Crippen molar-refractivity contribution in [2.24, 2.45) is 0 Å². The zero-order chi connectivity index (χ0) is 14.0. The monoisotopic (exact) mass is 288 g/mol. The van der Waals surface area contributed by atoms with Gasteiger partial charge in [0.1, 0.15) is 5.75 Å². The fraction of sp³-hybridized carbons (Fsp3) is 0.333. The van der Waals surface area contributed by atoms with Crippen LogP contribution in [-0.4, -0.2) is 12.5 Å². The summed E-state index contributed by atoms with van der Waals surface area (Å²) in [6, 6.07) is 18.6. The molecule has 0 aliphatic rings. The Morgan fingerprint density at radius 2 is 1.45 bits per heavy atom. The molecule has 2 aromatic rings. The van der Waals surface area contributed by atoms with Crippen molar-refractivity contribution in [2.75, 3.05) is 12.5 Å². The Balaban J connectivity index is 1.92. The number of benzene rings is 2. The second-order valence-corrected chi connectivity index (χ2v) is 5.19. The highest BCUT2D eigenvalue weighted by molar-refractivity contribution is 6.17. The number of hydrogen-bond acceptors (Lipinski definition) is 1. The van der Waals surface area contributed by atoms with E-state index in [2.05, 4.69) is 36.4 Å². The summed E-state index contributed by atoms with van der Waals surface area (Å²) in [5.41, 5.74) is 2.36. The molecular weight excluding hydrogens is 268 g/mol. The highest BCUT2D eigenvalue weighted by Crippen LogP contribution is 2.29. The minimum absolute atomic E-state index is 0.762. The Hall–Kier alpha value is -1.47. The maximum absolute atomic E-state index is 5.94. The minimum atomic E-state index is 0.762. The number of halogens is 1. The zero-order valence-corrected chi connectivity index (χ0v) is 12.5. The van der Waals surface area contributed by atoms with Gasteiger partial charge in [-0.3, -0.25) is 0 Å². The SMILES string of the molecule is ClCCCCCCOc1ccccc1-c1ccccc1. The lowest BCUT2D eigenvalue weighted by molar-refractivity contribution is 0.306. The van der Waals surface area contributed by atoms with Gasteiger partial charge in [-0.1, -0.05) is 61.4 Å². The van der Waals surface area contributed by atoms with Gasteiger partial charge < -0.3 is 4.74 Å². The van der Waals surface area contributed by atoms with Gasteiger partial charge in [0.25, 0.3) is 0 Å². The summed E-state index contributed by atoms with van der Waals surface area (Å²) in [7, 11) is 0. The standard InChI is InChI=1S/C18H21ClO/c19-14-8-1-2-9-15-20-18-13-7-6-12-17(18)16-10-4-3-5-11-16/h3-7,10-13H,1-2,8-9,14-15H2. The maximum Gasteiger partial charge on any atom is 0.127 e. The number of ether oxygens (including phenoxy) is 1. The van der Waals surface area contributed by atoms with Crippen molar-refractivity contribution in [1.82, 2.24) is 0 Å². The van der Waals surface area contributed by atoms with Crippen molar-refractivity contribution >= 4 is 11.6 Å². The van der Waals surface area contributed by atoms with E-state index in [1.165, 1.54) is 18.4 Å². The predicted molar refractivity (Wildman–Crippen MR) is 86.6 cm³/mol. The third kappa shape index (κ3) is 4.57. The van der Waals surface area contributed by atoms with E-state index in [9.17, 15) is 0 Å². The van der Waals surface area contributed by atoms with E-state index in [1.807, 2.05) is 18.2 Å². The molecule has 0 aliphatic carbocycles. The Morgan fingerprint density at radius 1 is 0.750 bits per heavy atom. The fourth-order valence-corrected chi connectivity index (χ4v) is 2.37. The Kier molecular flexibility index (Phi) is 6.46. The first-order valence-corrected chi connectivity index (χ1v) is 7.78. The smallest absolute Gasteiger partial charge is 0.127 e. The molecular formula is C18H21ClO. The van der Waals surface area contributed by atoms with E-state index >= 15 is 0 Å². The first kappa shape index (κ1) is 14.9. The molecule has 1 nitrogen and oxygen atoms in total. The summed E-state index contributed by atoms with van der Waals surface area (Å²) in [4.78, 5) is 0. The first-order valence-electron chi connectivity index (χ1n) is 7.25. The zero-order valence-electron chi connectivity index (χ0n) is 11.7. The highest BCUT2D eigenvalue weighted by atomic mass is 35.5. The molecule has 0 amide bonds. The van der Waals surface area contributed by atoms with Crippen LogP contribution in [0.25, 0.3) is 11.1 Å². The molecule has 2 heteroatoms. The molecule has 0 aromatic heterocycles. The van der Waals surface area contributed by atoms with Gasteiger partial charge in [0.05, 0.1) is 6.61 Å². The lowest BCUT2D eigenvalue weighted by Gasteiger charge is -2.11. The lowest BCUT2D eigenvalue weighted by atomic mass is 10.1. The van der Waals surface area contributed by atoms with Crippen molar-refractivity contribution in [3.05, 3.63) is 54.6 Å². The van der Waals surface area contributed by atoms with E-state index in [4.69, 9.17) is 16.3 Å². The van der Waals surface area contributed by atoms with Gasteiger partial charge in [-0.25, -0.2) is 0 Å². The lowest BCUT2D eigenvalue weighted by Crippen LogP contribution is -1.98. The average Bonchev–Trinajstić information content (AvgIpc) is 2.52. The molecule has 0 aliphatic heterocycles. The predicted octanol–water partition coefficient (Wildman–Crippen LogP) is 5.53. The molecule has 0 saturated carbocycles. The minimum Gasteiger partial charge on any atom is -0.493 e. The Bertz CT molecular complexity index is 496. The molecule has 106 valence electrons. The molecule has 0 radical (unpaired) electrons. The van der Waals surface area contributed by atoms with Crippen molar-refractivity contribution in [3.8, 4) is 16.9 Å². The second-order valence-electron chi connectivity index (χ2n) is 4.81. The van der Waals surface area contributed by atoms with Gasteiger partial charge in [0, 0.05) is 11.4 Å². The maximum atomic E-state index is 5.94. The molecule has 20 heavy (non-hydrogen) atoms. The summed E-state index contributed by atoms with van der Waals surface area (Å²) in [6.45, 7) is 0.770. The fourth-order valence-electron chi connectivity index (χ4n) is 2.18. The molecule has 0 heterocycles. The molecule has 0 atom stereocenters. The number of alkyl halides is 1. The van der Waals surface area contributed by atoms with Crippen molar-refractivity contribution in [2.45, 2.75) is 25.7 Å². The Morgan fingerprint density at radius 3 is 2.25 bits per heavy atom. The normalized spacial score (nSPS) is 10.4. The van der Waals surface area contributed by atoms with Crippen LogP contribution in [0.5, 0.6) is 5.75 Å². The van der Waals surface area contributed by atoms with Crippen LogP contribution >= 0.6 is 11.6 Å². The molecule has 0 bridgehead atoms. The van der Waals surface area contributed by atoms with Crippen LogP contribution in [0.3, 0.4) is 0 Å². The highest BCUT2D eigenvalue weighted by Gasteiger charge is 2.04. The largest absolute Gasteiger partial charge is 0.493 e. The van der Waals surface area contributed by atoms with Gasteiger partial charge in [-0.05, 0) is 24.5 Å². The van der Waals surface area contributed by atoms with Crippen LogP contribution in [0.1, 0.15) is 25.7 Å². The molecule has 0 spiro atoms. The van der Waals surface area contributed by atoms with Gasteiger partial charge in [0.15, 0.2) is 0 Å². The van der Waals surface area contributed by atoms with E-state index in [0.29, 0.717) is 0 Å². The molecule has 0 N–H and O–H groups in total. The number of rotatable bonds is 8. The van der Waals surface area contributed by atoms with Crippen molar-refractivity contribution in [3.63, 3.8) is 0 Å². The third-order valence-corrected chi connectivity index (χ3v) is 3.52. The topological polar surface area (TPSA) is 9.23 Å². The van der Waals surface area contributed by atoms with Crippen LogP contribution in [-0.2, 0) is 0 Å². The molecule has 0 unspecified atom stereocenters. The summed E-state index contributed by atoms with van der Waals surface area (Å²) >= 11 is 5.67.